The molecule has 4 aromatic rings. The number of halogens is 1. The first-order valence-corrected chi connectivity index (χ1v) is 12.3. The van der Waals surface area contributed by atoms with Crippen LogP contribution >= 0.6 is 35.6 Å². The number of benzene rings is 3. The minimum absolute atomic E-state index is 0.0981. The maximum absolute atomic E-state index is 13.3. The van der Waals surface area contributed by atoms with Gasteiger partial charge in [0.15, 0.2) is 4.32 Å². The largest absolute Gasteiger partial charge is 0.340 e. The molecule has 0 aliphatic carbocycles. The van der Waals surface area contributed by atoms with Gasteiger partial charge in [0.2, 0.25) is 0 Å². The summed E-state index contributed by atoms with van der Waals surface area (Å²) in [6, 6.07) is 21.7. The maximum atomic E-state index is 13.3. The SMILES string of the molecule is Cc1c(/C=C2/SC(=S)N(c3cccc([N+](=O)[O-])c3)C2=O)c2ccccc2n1Cc1ccccc1Cl. The maximum Gasteiger partial charge on any atom is 0.271 e. The van der Waals surface area contributed by atoms with Crippen molar-refractivity contribution in [3.8, 4) is 0 Å². The quantitative estimate of drug-likeness (QED) is 0.123. The Morgan fingerprint density at radius 2 is 1.83 bits per heavy atom. The van der Waals surface area contributed by atoms with E-state index >= 15 is 0 Å². The number of para-hydroxylation sites is 1. The molecule has 0 N–H and O–H groups in total. The Hall–Kier alpha value is -3.46. The summed E-state index contributed by atoms with van der Waals surface area (Å²) in [4.78, 5) is 25.9. The third-order valence-electron chi connectivity index (χ3n) is 5.93. The van der Waals surface area contributed by atoms with E-state index in [1.54, 1.807) is 12.1 Å². The van der Waals surface area contributed by atoms with Crippen molar-refractivity contribution < 1.29 is 9.72 Å². The fourth-order valence-corrected chi connectivity index (χ4v) is 5.68. The van der Waals surface area contributed by atoms with Crippen LogP contribution in [0.3, 0.4) is 0 Å². The molecule has 1 saturated heterocycles. The molecule has 3 aromatic carbocycles. The number of hydrogen-bond donors (Lipinski definition) is 0. The van der Waals surface area contributed by atoms with Crippen molar-refractivity contribution in [2.24, 2.45) is 0 Å². The second-order valence-electron chi connectivity index (χ2n) is 7.99. The van der Waals surface area contributed by atoms with E-state index in [1.165, 1.54) is 28.8 Å². The summed E-state index contributed by atoms with van der Waals surface area (Å²) in [6.45, 7) is 2.61. The van der Waals surface area contributed by atoms with E-state index in [9.17, 15) is 14.9 Å². The highest BCUT2D eigenvalue weighted by Crippen LogP contribution is 2.39. The summed E-state index contributed by atoms with van der Waals surface area (Å²) in [7, 11) is 0. The Balaban J connectivity index is 1.57. The number of nitrogens with zero attached hydrogens (tertiary/aromatic N) is 3. The molecule has 9 heteroatoms. The second kappa shape index (κ2) is 9.30. The van der Waals surface area contributed by atoms with Crippen molar-refractivity contribution in [2.75, 3.05) is 4.90 Å². The van der Waals surface area contributed by atoms with Crippen molar-refractivity contribution in [1.82, 2.24) is 4.57 Å². The van der Waals surface area contributed by atoms with Crippen LogP contribution in [0, 0.1) is 17.0 Å². The summed E-state index contributed by atoms with van der Waals surface area (Å²) in [6.07, 6.45) is 1.86. The number of rotatable bonds is 5. The highest BCUT2D eigenvalue weighted by atomic mass is 35.5. The minimum Gasteiger partial charge on any atom is -0.340 e. The Bertz CT molecular complexity index is 1560. The zero-order valence-corrected chi connectivity index (χ0v) is 20.9. The normalized spacial score (nSPS) is 14.9. The predicted octanol–water partition coefficient (Wildman–Crippen LogP) is 6.97. The van der Waals surface area contributed by atoms with Crippen LogP contribution in [0.15, 0.2) is 77.7 Å². The lowest BCUT2D eigenvalue weighted by Crippen LogP contribution is -2.27. The van der Waals surface area contributed by atoms with Crippen LogP contribution in [-0.2, 0) is 11.3 Å². The fourth-order valence-electron chi connectivity index (χ4n) is 4.21. The third kappa shape index (κ3) is 4.25. The van der Waals surface area contributed by atoms with Crippen molar-refractivity contribution >= 4 is 74.2 Å². The van der Waals surface area contributed by atoms with E-state index in [2.05, 4.69) is 4.57 Å². The molecule has 0 unspecified atom stereocenters. The molecule has 35 heavy (non-hydrogen) atoms. The number of carbonyl (C=O) groups excluding carboxylic acids is 1. The molecule has 1 fully saturated rings. The van der Waals surface area contributed by atoms with Crippen LogP contribution in [0.1, 0.15) is 16.8 Å². The van der Waals surface area contributed by atoms with Crippen LogP contribution < -0.4 is 4.90 Å². The number of amides is 1. The standard InChI is InChI=1S/C26H18ClN3O3S2/c1-16-21(20-10-3-5-12-23(20)28(16)15-17-7-2-4-11-22(17)27)14-24-25(31)29(26(34)35-24)18-8-6-9-19(13-18)30(32)33/h2-14H,15H2,1H3/b24-14+. The zero-order chi connectivity index (χ0) is 24.7. The third-order valence-corrected chi connectivity index (χ3v) is 7.60. The average molecular weight is 520 g/mol. The molecule has 0 atom stereocenters. The number of non-ortho nitro benzene ring substituents is 1. The first kappa shape index (κ1) is 23.3. The Morgan fingerprint density at radius 3 is 2.60 bits per heavy atom. The molecular formula is C26H18ClN3O3S2. The van der Waals surface area contributed by atoms with Crippen molar-refractivity contribution in [1.29, 1.82) is 0 Å². The zero-order valence-electron chi connectivity index (χ0n) is 18.5. The van der Waals surface area contributed by atoms with Crippen LogP contribution in [-0.4, -0.2) is 19.7 Å². The van der Waals surface area contributed by atoms with Crippen molar-refractivity contribution in [2.45, 2.75) is 13.5 Å². The van der Waals surface area contributed by atoms with Gasteiger partial charge in [0.1, 0.15) is 0 Å². The molecule has 1 aliphatic heterocycles. The summed E-state index contributed by atoms with van der Waals surface area (Å²) in [5.41, 5.74) is 4.23. The molecule has 1 aromatic heterocycles. The number of carbonyl (C=O) groups is 1. The van der Waals surface area contributed by atoms with Gasteiger partial charge in [-0.25, -0.2) is 0 Å². The van der Waals surface area contributed by atoms with E-state index < -0.39 is 4.92 Å². The summed E-state index contributed by atoms with van der Waals surface area (Å²) < 4.78 is 2.52. The number of nitro groups is 1. The van der Waals surface area contributed by atoms with Gasteiger partial charge in [0.05, 0.1) is 15.5 Å². The first-order chi connectivity index (χ1) is 16.8. The molecule has 1 aliphatic rings. The number of fused-ring (bicyclic) bond motifs is 1. The van der Waals surface area contributed by atoms with Crippen molar-refractivity contribution in [3.05, 3.63) is 110 Å². The molecule has 174 valence electrons. The molecule has 0 radical (unpaired) electrons. The smallest absolute Gasteiger partial charge is 0.271 e. The fraction of sp³-hybridized carbons (Fsp3) is 0.0769. The average Bonchev–Trinajstić information content (AvgIpc) is 3.28. The number of thioether (sulfide) groups is 1. The molecule has 6 nitrogen and oxygen atoms in total. The first-order valence-electron chi connectivity index (χ1n) is 10.7. The van der Waals surface area contributed by atoms with E-state index in [-0.39, 0.29) is 11.6 Å². The molecule has 5 rings (SSSR count). The lowest BCUT2D eigenvalue weighted by atomic mass is 10.1. The van der Waals surface area contributed by atoms with Gasteiger partial charge < -0.3 is 4.57 Å². The summed E-state index contributed by atoms with van der Waals surface area (Å²) in [5, 5.41) is 12.9. The Kier molecular flexibility index (Phi) is 6.19. The Labute approximate surface area is 216 Å². The second-order valence-corrected chi connectivity index (χ2v) is 10.1. The number of anilines is 1. The van der Waals surface area contributed by atoms with E-state index in [0.29, 0.717) is 26.5 Å². The van der Waals surface area contributed by atoms with E-state index in [0.717, 1.165) is 27.7 Å². The highest BCUT2D eigenvalue weighted by molar-refractivity contribution is 8.27. The van der Waals surface area contributed by atoms with Gasteiger partial charge in [-0.2, -0.15) is 0 Å². The van der Waals surface area contributed by atoms with Gasteiger partial charge in [-0.3, -0.25) is 19.8 Å². The number of nitro benzene ring substituents is 1. The lowest BCUT2D eigenvalue weighted by molar-refractivity contribution is -0.384. The Morgan fingerprint density at radius 1 is 1.09 bits per heavy atom. The van der Waals surface area contributed by atoms with Gasteiger partial charge in [-0.1, -0.05) is 78.0 Å². The van der Waals surface area contributed by atoms with Crippen LogP contribution in [0.2, 0.25) is 5.02 Å². The van der Waals surface area contributed by atoms with Gasteiger partial charge in [0, 0.05) is 45.9 Å². The van der Waals surface area contributed by atoms with Crippen LogP contribution in [0.25, 0.3) is 17.0 Å². The van der Waals surface area contributed by atoms with Crippen LogP contribution in [0.4, 0.5) is 11.4 Å². The van der Waals surface area contributed by atoms with E-state index in [4.69, 9.17) is 23.8 Å². The topological polar surface area (TPSA) is 68.4 Å². The van der Waals surface area contributed by atoms with Gasteiger partial charge >= 0.3 is 0 Å². The van der Waals surface area contributed by atoms with Gasteiger partial charge in [-0.15, -0.1) is 0 Å². The van der Waals surface area contributed by atoms with E-state index in [1.807, 2.05) is 61.5 Å². The monoisotopic (exact) mass is 519 g/mol. The molecular weight excluding hydrogens is 502 g/mol. The van der Waals surface area contributed by atoms with Crippen LogP contribution in [0.5, 0.6) is 0 Å². The molecule has 0 bridgehead atoms. The minimum atomic E-state index is -0.492. The van der Waals surface area contributed by atoms with Crippen molar-refractivity contribution in [3.63, 3.8) is 0 Å². The molecule has 0 spiro atoms. The summed E-state index contributed by atoms with van der Waals surface area (Å²) in [5.74, 6) is -0.303. The number of aromatic nitrogens is 1. The molecule has 0 saturated carbocycles. The molecule has 2 heterocycles. The van der Waals surface area contributed by atoms with Gasteiger partial charge in [0.25, 0.3) is 11.6 Å². The highest BCUT2D eigenvalue weighted by Gasteiger charge is 2.34. The number of hydrogen-bond acceptors (Lipinski definition) is 5. The number of thiocarbonyl (C=S) groups is 1. The van der Waals surface area contributed by atoms with Gasteiger partial charge in [-0.05, 0) is 36.8 Å². The molecule has 1 amide bonds. The predicted molar refractivity (Wildman–Crippen MR) is 146 cm³/mol. The lowest BCUT2D eigenvalue weighted by Gasteiger charge is -2.14. The summed E-state index contributed by atoms with van der Waals surface area (Å²) >= 11 is 13.1.